The SMILES string of the molecule is Cc1ccc(C(=O)[C@H]2Oc3ccc(Br)cc3[C@H]3CC(c4cccs4)=NN23)cc1. The van der Waals surface area contributed by atoms with Crippen molar-refractivity contribution in [2.45, 2.75) is 25.6 Å². The molecule has 0 fully saturated rings. The molecule has 140 valence electrons. The maximum atomic E-state index is 13.3. The molecule has 0 radical (unpaired) electrons. The second kappa shape index (κ2) is 6.87. The average Bonchev–Trinajstić information content (AvgIpc) is 3.37. The summed E-state index contributed by atoms with van der Waals surface area (Å²) in [6, 6.07) is 17.6. The Morgan fingerprint density at radius 3 is 2.79 bits per heavy atom. The first-order chi connectivity index (χ1) is 13.6. The highest BCUT2D eigenvalue weighted by Gasteiger charge is 2.43. The van der Waals surface area contributed by atoms with Crippen LogP contribution in [0.25, 0.3) is 0 Å². The lowest BCUT2D eigenvalue weighted by molar-refractivity contribution is -0.00459. The summed E-state index contributed by atoms with van der Waals surface area (Å²) in [5.74, 6) is 0.673. The summed E-state index contributed by atoms with van der Waals surface area (Å²) >= 11 is 5.22. The summed E-state index contributed by atoms with van der Waals surface area (Å²) in [5.41, 5.74) is 3.80. The Bertz CT molecular complexity index is 1080. The van der Waals surface area contributed by atoms with Crippen molar-refractivity contribution in [2.75, 3.05) is 0 Å². The number of carbonyl (C=O) groups is 1. The van der Waals surface area contributed by atoms with Crippen LogP contribution in [-0.2, 0) is 0 Å². The van der Waals surface area contributed by atoms with Crippen LogP contribution < -0.4 is 4.74 Å². The maximum absolute atomic E-state index is 13.3. The predicted octanol–water partition coefficient (Wildman–Crippen LogP) is 5.57. The molecule has 2 atom stereocenters. The lowest BCUT2D eigenvalue weighted by Gasteiger charge is -2.37. The van der Waals surface area contributed by atoms with E-state index >= 15 is 0 Å². The van der Waals surface area contributed by atoms with Gasteiger partial charge in [0.05, 0.1) is 16.6 Å². The Labute approximate surface area is 175 Å². The fourth-order valence-corrected chi connectivity index (χ4v) is 4.78. The number of rotatable bonds is 3. The van der Waals surface area contributed by atoms with Crippen molar-refractivity contribution >= 4 is 38.8 Å². The molecule has 0 unspecified atom stereocenters. The van der Waals surface area contributed by atoms with Gasteiger partial charge in [0.25, 0.3) is 6.23 Å². The Hall–Kier alpha value is -2.44. The topological polar surface area (TPSA) is 41.9 Å². The normalized spacial score (nSPS) is 20.2. The standard InChI is InChI=1S/C22H17BrN2O2S/c1-13-4-6-14(7-5-13)21(26)22-25-18(12-17(24-25)20-3-2-10-28-20)16-11-15(23)8-9-19(16)27-22/h2-11,18,22H,12H2,1H3/t18-,22-/m1/s1. The van der Waals surface area contributed by atoms with Gasteiger partial charge in [0.2, 0.25) is 5.78 Å². The van der Waals surface area contributed by atoms with Crippen molar-refractivity contribution < 1.29 is 9.53 Å². The number of hydrogen-bond acceptors (Lipinski definition) is 5. The number of benzene rings is 2. The third-order valence-electron chi connectivity index (χ3n) is 5.12. The van der Waals surface area contributed by atoms with Crippen molar-refractivity contribution in [1.82, 2.24) is 5.01 Å². The van der Waals surface area contributed by atoms with E-state index in [0.717, 1.165) is 38.4 Å². The number of ketones is 1. The van der Waals surface area contributed by atoms with Gasteiger partial charge in [-0.05, 0) is 36.6 Å². The molecule has 0 N–H and O–H groups in total. The number of hydrazone groups is 1. The quantitative estimate of drug-likeness (QED) is 0.487. The van der Waals surface area contributed by atoms with Gasteiger partial charge in [-0.25, -0.2) is 5.01 Å². The molecule has 2 aliphatic heterocycles. The Kier molecular flexibility index (Phi) is 4.33. The highest BCUT2D eigenvalue weighted by molar-refractivity contribution is 9.10. The molecule has 2 aromatic carbocycles. The lowest BCUT2D eigenvalue weighted by Crippen LogP contribution is -2.45. The molecule has 2 aliphatic rings. The highest BCUT2D eigenvalue weighted by atomic mass is 79.9. The Balaban J connectivity index is 1.57. The van der Waals surface area contributed by atoms with E-state index in [0.29, 0.717) is 5.56 Å². The van der Waals surface area contributed by atoms with Crippen LogP contribution in [-0.4, -0.2) is 22.7 Å². The van der Waals surface area contributed by atoms with Gasteiger partial charge in [-0.3, -0.25) is 4.79 Å². The van der Waals surface area contributed by atoms with E-state index in [1.807, 2.05) is 59.8 Å². The number of Topliss-reactive ketones (excluding diaryl/α,β-unsaturated/α-hetero) is 1. The third kappa shape index (κ3) is 2.97. The van der Waals surface area contributed by atoms with Crippen LogP contribution in [0.2, 0.25) is 0 Å². The molecular formula is C22H17BrN2O2S. The van der Waals surface area contributed by atoms with Crippen LogP contribution >= 0.6 is 27.3 Å². The third-order valence-corrected chi connectivity index (χ3v) is 6.53. The van der Waals surface area contributed by atoms with E-state index in [-0.39, 0.29) is 11.8 Å². The smallest absolute Gasteiger partial charge is 0.251 e. The number of nitrogens with zero attached hydrogens (tertiary/aromatic N) is 2. The van der Waals surface area contributed by atoms with Gasteiger partial charge in [0.1, 0.15) is 5.75 Å². The van der Waals surface area contributed by atoms with Crippen LogP contribution in [0.5, 0.6) is 5.75 Å². The molecular weight excluding hydrogens is 436 g/mol. The summed E-state index contributed by atoms with van der Waals surface area (Å²) in [6.45, 7) is 2.01. The first-order valence-corrected chi connectivity index (χ1v) is 10.7. The summed E-state index contributed by atoms with van der Waals surface area (Å²) in [7, 11) is 0. The molecule has 0 saturated carbocycles. The van der Waals surface area contributed by atoms with Crippen LogP contribution in [0.3, 0.4) is 0 Å². The number of hydrogen-bond donors (Lipinski definition) is 0. The second-order valence-corrected chi connectivity index (χ2v) is 8.87. The van der Waals surface area contributed by atoms with Crippen LogP contribution in [0.1, 0.15) is 38.8 Å². The fourth-order valence-electron chi connectivity index (χ4n) is 3.68. The molecule has 0 amide bonds. The van der Waals surface area contributed by atoms with Crippen LogP contribution in [0, 0.1) is 6.92 Å². The minimum atomic E-state index is -0.765. The van der Waals surface area contributed by atoms with Gasteiger partial charge in [-0.1, -0.05) is 51.8 Å². The zero-order valence-electron chi connectivity index (χ0n) is 15.1. The fraction of sp³-hybridized carbons (Fsp3) is 0.182. The number of fused-ring (bicyclic) bond motifs is 3. The molecule has 6 heteroatoms. The Morgan fingerprint density at radius 1 is 1.21 bits per heavy atom. The van der Waals surface area contributed by atoms with E-state index in [9.17, 15) is 4.79 Å². The maximum Gasteiger partial charge on any atom is 0.251 e. The molecule has 4 nitrogen and oxygen atoms in total. The van der Waals surface area contributed by atoms with Crippen LogP contribution in [0.15, 0.2) is 69.6 Å². The molecule has 1 aromatic heterocycles. The van der Waals surface area contributed by atoms with Crippen molar-refractivity contribution in [2.24, 2.45) is 5.10 Å². The molecule has 28 heavy (non-hydrogen) atoms. The lowest BCUT2D eigenvalue weighted by atomic mass is 9.97. The van der Waals surface area contributed by atoms with E-state index in [4.69, 9.17) is 9.84 Å². The molecule has 0 bridgehead atoms. The minimum absolute atomic E-state index is 0.0160. The minimum Gasteiger partial charge on any atom is -0.461 e. The van der Waals surface area contributed by atoms with Crippen molar-refractivity contribution in [3.05, 3.63) is 86.0 Å². The second-order valence-electron chi connectivity index (χ2n) is 7.01. The monoisotopic (exact) mass is 452 g/mol. The first-order valence-electron chi connectivity index (χ1n) is 9.07. The van der Waals surface area contributed by atoms with Crippen molar-refractivity contribution in [1.29, 1.82) is 0 Å². The van der Waals surface area contributed by atoms with Crippen molar-refractivity contribution in [3.63, 3.8) is 0 Å². The molecule has 3 heterocycles. The van der Waals surface area contributed by atoms with Gasteiger partial charge in [-0.15, -0.1) is 11.3 Å². The average molecular weight is 453 g/mol. The zero-order chi connectivity index (χ0) is 19.3. The number of carbonyl (C=O) groups excluding carboxylic acids is 1. The van der Waals surface area contributed by atoms with Gasteiger partial charge in [-0.2, -0.15) is 5.10 Å². The molecule has 3 aromatic rings. The largest absolute Gasteiger partial charge is 0.461 e. The van der Waals surface area contributed by atoms with Gasteiger partial charge in [0.15, 0.2) is 0 Å². The number of aryl methyl sites for hydroxylation is 1. The van der Waals surface area contributed by atoms with Crippen LogP contribution in [0.4, 0.5) is 0 Å². The first kappa shape index (κ1) is 17.6. The predicted molar refractivity (Wildman–Crippen MR) is 114 cm³/mol. The molecule has 0 spiro atoms. The summed E-state index contributed by atoms with van der Waals surface area (Å²) < 4.78 is 7.15. The summed E-state index contributed by atoms with van der Waals surface area (Å²) in [6.07, 6.45) is -0.00999. The molecule has 0 aliphatic carbocycles. The van der Waals surface area contributed by atoms with E-state index < -0.39 is 6.23 Å². The number of thiophene rings is 1. The van der Waals surface area contributed by atoms with E-state index in [2.05, 4.69) is 28.1 Å². The summed E-state index contributed by atoms with van der Waals surface area (Å²) in [4.78, 5) is 14.4. The number of ether oxygens (including phenoxy) is 1. The van der Waals surface area contributed by atoms with Gasteiger partial charge >= 0.3 is 0 Å². The van der Waals surface area contributed by atoms with Crippen molar-refractivity contribution in [3.8, 4) is 5.75 Å². The number of halogens is 1. The zero-order valence-corrected chi connectivity index (χ0v) is 17.5. The molecule has 5 rings (SSSR count). The van der Waals surface area contributed by atoms with Gasteiger partial charge in [0, 0.05) is 22.0 Å². The Morgan fingerprint density at radius 2 is 2.04 bits per heavy atom. The van der Waals surface area contributed by atoms with E-state index in [1.165, 1.54) is 0 Å². The summed E-state index contributed by atoms with van der Waals surface area (Å²) in [5, 5.41) is 8.71. The highest BCUT2D eigenvalue weighted by Crippen LogP contribution is 2.44. The van der Waals surface area contributed by atoms with E-state index in [1.54, 1.807) is 11.3 Å². The molecule has 0 saturated heterocycles. The van der Waals surface area contributed by atoms with Gasteiger partial charge < -0.3 is 4.74 Å².